The predicted molar refractivity (Wildman–Crippen MR) is 86.6 cm³/mol. The van der Waals surface area contributed by atoms with Crippen molar-refractivity contribution >= 4 is 46.6 Å². The van der Waals surface area contributed by atoms with Gasteiger partial charge >= 0.3 is 11.1 Å². The summed E-state index contributed by atoms with van der Waals surface area (Å²) < 4.78 is 2.78. The summed E-state index contributed by atoms with van der Waals surface area (Å²) in [5.74, 6) is -0.108. The van der Waals surface area contributed by atoms with Crippen LogP contribution in [0.2, 0.25) is 0 Å². The average molecular weight is 326 g/mol. The number of aromatic amines is 2. The molecule has 0 aliphatic carbocycles. The SMILES string of the molecule is Nc1nc(=O)c2[nH]cnc2n1/C=C/n1c(N)nc(=O)c2[nH]cnc21. The first-order valence-corrected chi connectivity index (χ1v) is 6.67. The third kappa shape index (κ3) is 1.86. The van der Waals surface area contributed by atoms with E-state index in [0.717, 1.165) is 0 Å². The third-order valence-electron chi connectivity index (χ3n) is 3.41. The number of nitrogens with zero attached hydrogens (tertiary/aromatic N) is 6. The highest BCUT2D eigenvalue weighted by molar-refractivity contribution is 5.78. The van der Waals surface area contributed by atoms with Gasteiger partial charge in [0.25, 0.3) is 0 Å². The van der Waals surface area contributed by atoms with Crippen LogP contribution in [0.4, 0.5) is 11.9 Å². The highest BCUT2D eigenvalue weighted by Gasteiger charge is 2.11. The minimum Gasteiger partial charge on any atom is -0.369 e. The Morgan fingerprint density at radius 3 is 1.67 bits per heavy atom. The first-order chi connectivity index (χ1) is 11.6. The third-order valence-corrected chi connectivity index (χ3v) is 3.41. The Bertz CT molecular complexity index is 1130. The largest absolute Gasteiger partial charge is 0.369 e. The van der Waals surface area contributed by atoms with Crippen molar-refractivity contribution in [3.63, 3.8) is 0 Å². The molecular weight excluding hydrogens is 316 g/mol. The van der Waals surface area contributed by atoms with Gasteiger partial charge in [0, 0.05) is 12.4 Å². The normalized spacial score (nSPS) is 11.8. The highest BCUT2D eigenvalue weighted by atomic mass is 16.1. The monoisotopic (exact) mass is 326 g/mol. The zero-order chi connectivity index (χ0) is 16.8. The lowest BCUT2D eigenvalue weighted by atomic mass is 10.5. The fourth-order valence-electron chi connectivity index (χ4n) is 2.33. The number of fused-ring (bicyclic) bond motifs is 2. The molecule has 0 saturated carbocycles. The number of rotatable bonds is 2. The van der Waals surface area contributed by atoms with Crippen molar-refractivity contribution in [1.29, 1.82) is 0 Å². The Labute approximate surface area is 131 Å². The molecule has 4 rings (SSSR count). The van der Waals surface area contributed by atoms with E-state index in [2.05, 4.69) is 29.9 Å². The van der Waals surface area contributed by atoms with E-state index in [0.29, 0.717) is 11.3 Å². The lowest BCUT2D eigenvalue weighted by Crippen LogP contribution is -2.17. The predicted octanol–water partition coefficient (Wildman–Crippen LogP) is -1.20. The molecule has 0 bridgehead atoms. The van der Waals surface area contributed by atoms with Crippen molar-refractivity contribution in [3.8, 4) is 0 Å². The maximum atomic E-state index is 11.7. The molecule has 0 aliphatic heterocycles. The van der Waals surface area contributed by atoms with E-state index in [-0.39, 0.29) is 22.9 Å². The number of hydrogen-bond donors (Lipinski definition) is 4. The van der Waals surface area contributed by atoms with Crippen molar-refractivity contribution < 1.29 is 0 Å². The van der Waals surface area contributed by atoms with Crippen LogP contribution < -0.4 is 22.6 Å². The molecule has 0 radical (unpaired) electrons. The molecule has 0 fully saturated rings. The minimum absolute atomic E-state index is 0.0540. The summed E-state index contributed by atoms with van der Waals surface area (Å²) in [6.45, 7) is 0. The second-order valence-electron chi connectivity index (χ2n) is 4.79. The minimum atomic E-state index is -0.510. The van der Waals surface area contributed by atoms with E-state index >= 15 is 0 Å². The first-order valence-electron chi connectivity index (χ1n) is 6.67. The van der Waals surface area contributed by atoms with Crippen LogP contribution in [0.3, 0.4) is 0 Å². The van der Waals surface area contributed by atoms with Crippen LogP contribution in [0.1, 0.15) is 0 Å². The van der Waals surface area contributed by atoms with Crippen molar-refractivity contribution in [3.05, 3.63) is 33.4 Å². The van der Waals surface area contributed by atoms with Gasteiger partial charge < -0.3 is 21.4 Å². The number of aromatic nitrogens is 8. The van der Waals surface area contributed by atoms with Crippen LogP contribution in [-0.4, -0.2) is 39.0 Å². The molecule has 0 unspecified atom stereocenters. The molecule has 6 N–H and O–H groups in total. The topological polar surface area (TPSA) is 179 Å². The maximum Gasteiger partial charge on any atom is 0.300 e. The maximum absolute atomic E-state index is 11.7. The quantitative estimate of drug-likeness (QED) is 0.354. The number of H-pyrrole nitrogens is 2. The second kappa shape index (κ2) is 4.77. The summed E-state index contributed by atoms with van der Waals surface area (Å²) in [6.07, 6.45) is 5.70. The number of nitrogens with one attached hydrogen (secondary N) is 2. The summed E-state index contributed by atoms with van der Waals surface area (Å²) in [4.78, 5) is 44.4. The number of hydrogen-bond acceptors (Lipinski definition) is 8. The molecule has 12 nitrogen and oxygen atoms in total. The summed E-state index contributed by atoms with van der Waals surface area (Å²) in [6, 6.07) is 0. The van der Waals surface area contributed by atoms with Gasteiger partial charge in [0.05, 0.1) is 12.7 Å². The molecule has 120 valence electrons. The van der Waals surface area contributed by atoms with Crippen molar-refractivity contribution in [2.45, 2.75) is 0 Å². The van der Waals surface area contributed by atoms with E-state index in [1.807, 2.05) is 0 Å². The smallest absolute Gasteiger partial charge is 0.300 e. The molecule has 4 heterocycles. The first kappa shape index (κ1) is 13.7. The lowest BCUT2D eigenvalue weighted by molar-refractivity contribution is 1.05. The van der Waals surface area contributed by atoms with E-state index < -0.39 is 11.1 Å². The van der Waals surface area contributed by atoms with Gasteiger partial charge in [0.2, 0.25) is 11.9 Å². The molecule has 0 saturated heterocycles. The van der Waals surface area contributed by atoms with Gasteiger partial charge in [-0.15, -0.1) is 0 Å². The van der Waals surface area contributed by atoms with Gasteiger partial charge in [0.15, 0.2) is 22.3 Å². The fraction of sp³-hybridized carbons (Fsp3) is 0. The van der Waals surface area contributed by atoms with Crippen molar-refractivity contribution in [2.24, 2.45) is 0 Å². The molecule has 24 heavy (non-hydrogen) atoms. The van der Waals surface area contributed by atoms with Crippen LogP contribution in [0.15, 0.2) is 22.2 Å². The van der Waals surface area contributed by atoms with Crippen LogP contribution in [0.5, 0.6) is 0 Å². The van der Waals surface area contributed by atoms with Crippen LogP contribution in [-0.2, 0) is 0 Å². The molecule has 0 amide bonds. The number of nitrogens with two attached hydrogens (primary N) is 2. The van der Waals surface area contributed by atoms with E-state index in [1.165, 1.54) is 34.2 Å². The average Bonchev–Trinajstić information content (AvgIpc) is 3.18. The van der Waals surface area contributed by atoms with Gasteiger partial charge in [-0.05, 0) is 0 Å². The van der Waals surface area contributed by atoms with Crippen molar-refractivity contribution in [2.75, 3.05) is 11.5 Å². The van der Waals surface area contributed by atoms with E-state index in [4.69, 9.17) is 11.5 Å². The summed E-state index contributed by atoms with van der Waals surface area (Å²) >= 11 is 0. The van der Waals surface area contributed by atoms with Crippen LogP contribution in [0.25, 0.3) is 34.7 Å². The Hall–Kier alpha value is -3.96. The molecule has 0 atom stereocenters. The Kier molecular flexibility index (Phi) is 2.72. The van der Waals surface area contributed by atoms with Crippen LogP contribution >= 0.6 is 0 Å². The molecular formula is C12H10N10O2. The summed E-state index contributed by atoms with van der Waals surface area (Å²) in [7, 11) is 0. The lowest BCUT2D eigenvalue weighted by Gasteiger charge is -2.07. The molecule has 4 aromatic rings. The fourth-order valence-corrected chi connectivity index (χ4v) is 2.33. The van der Waals surface area contributed by atoms with Gasteiger partial charge in [-0.2, -0.15) is 9.97 Å². The highest BCUT2D eigenvalue weighted by Crippen LogP contribution is 2.12. The zero-order valence-corrected chi connectivity index (χ0v) is 12.0. The van der Waals surface area contributed by atoms with Crippen molar-refractivity contribution in [1.82, 2.24) is 39.0 Å². The molecule has 12 heteroatoms. The van der Waals surface area contributed by atoms with Gasteiger partial charge in [-0.1, -0.05) is 0 Å². The molecule has 0 aliphatic rings. The Morgan fingerprint density at radius 1 is 0.833 bits per heavy atom. The number of anilines is 2. The molecule has 0 aromatic carbocycles. The van der Waals surface area contributed by atoms with Gasteiger partial charge in [-0.25, -0.2) is 9.97 Å². The van der Waals surface area contributed by atoms with Gasteiger partial charge in [0.1, 0.15) is 0 Å². The second-order valence-corrected chi connectivity index (χ2v) is 4.79. The van der Waals surface area contributed by atoms with E-state index in [1.54, 1.807) is 0 Å². The Balaban J connectivity index is 1.94. The molecule has 4 aromatic heterocycles. The summed E-state index contributed by atoms with van der Waals surface area (Å²) in [5.41, 5.74) is 11.6. The summed E-state index contributed by atoms with van der Waals surface area (Å²) in [5, 5.41) is 0. The standard InChI is InChI=1S/C12H10N10O2/c13-11-19-9(23)5-7(17-3-15-5)21(11)1-2-22-8-6(16-4-18-8)10(24)20-12(22)14/h1-4H,(H,15,17)(H,16,18)(H2,13,19,23)(H2,14,20,24)/b2-1+. The van der Waals surface area contributed by atoms with Crippen LogP contribution in [0, 0.1) is 0 Å². The number of imidazole rings is 2. The molecule has 0 spiro atoms. The van der Waals surface area contributed by atoms with Gasteiger partial charge in [-0.3, -0.25) is 18.7 Å². The van der Waals surface area contributed by atoms with E-state index in [9.17, 15) is 9.59 Å². The number of nitrogen functional groups attached to an aromatic ring is 2. The Morgan fingerprint density at radius 2 is 1.25 bits per heavy atom. The zero-order valence-electron chi connectivity index (χ0n) is 12.0.